The summed E-state index contributed by atoms with van der Waals surface area (Å²) >= 11 is 0. The van der Waals surface area contributed by atoms with E-state index in [1.165, 1.54) is 12.1 Å². The van der Waals surface area contributed by atoms with Gasteiger partial charge in [-0.2, -0.15) is 15.0 Å². The first kappa shape index (κ1) is 12.4. The van der Waals surface area contributed by atoms with Crippen LogP contribution in [0.1, 0.15) is 20.3 Å². The maximum atomic E-state index is 5.57. The molecule has 0 radical (unpaired) electrons. The van der Waals surface area contributed by atoms with Crippen LogP contribution in [-0.4, -0.2) is 35.2 Å². The quantitative estimate of drug-likeness (QED) is 0.555. The van der Waals surface area contributed by atoms with Crippen molar-refractivity contribution >= 4 is 11.9 Å². The van der Waals surface area contributed by atoms with Crippen LogP contribution in [0.2, 0.25) is 0 Å². The molecule has 90 valence electrons. The average Bonchev–Trinajstić information content (AvgIpc) is 2.28. The number of aromatic nitrogens is 3. The van der Waals surface area contributed by atoms with Gasteiger partial charge < -0.3 is 10.1 Å². The molecular formula is C9H18N6O. The number of hydrogen-bond acceptors (Lipinski definition) is 7. The first-order valence-electron chi connectivity index (χ1n) is 5.11. The molecule has 0 aliphatic carbocycles. The smallest absolute Gasteiger partial charge is 0.322 e. The Hall–Kier alpha value is -1.63. The lowest BCUT2D eigenvalue weighted by molar-refractivity contribution is 0.378. The van der Waals surface area contributed by atoms with Gasteiger partial charge in [0.15, 0.2) is 0 Å². The molecule has 1 aromatic rings. The van der Waals surface area contributed by atoms with Crippen LogP contribution in [0.4, 0.5) is 11.9 Å². The van der Waals surface area contributed by atoms with Crippen molar-refractivity contribution in [2.75, 3.05) is 24.5 Å². The van der Waals surface area contributed by atoms with Crippen LogP contribution in [0.5, 0.6) is 6.01 Å². The van der Waals surface area contributed by atoms with Crippen LogP contribution >= 0.6 is 0 Å². The predicted octanol–water partition coefficient (Wildman–Crippen LogP) is 0.400. The fourth-order valence-electron chi connectivity index (χ4n) is 0.982. The molecule has 3 N–H and O–H groups in total. The van der Waals surface area contributed by atoms with E-state index in [1.807, 2.05) is 6.92 Å². The maximum Gasteiger partial charge on any atom is 0.322 e. The molecule has 16 heavy (non-hydrogen) atoms. The van der Waals surface area contributed by atoms with Crippen LogP contribution in [-0.2, 0) is 0 Å². The van der Waals surface area contributed by atoms with E-state index in [0.29, 0.717) is 11.9 Å². The van der Waals surface area contributed by atoms with Crippen molar-refractivity contribution in [2.24, 2.45) is 5.84 Å². The second-order valence-corrected chi connectivity index (χ2v) is 3.51. The third-order valence-electron chi connectivity index (χ3n) is 2.09. The molecular weight excluding hydrogens is 208 g/mol. The Kier molecular flexibility index (Phi) is 4.24. The van der Waals surface area contributed by atoms with Gasteiger partial charge in [-0.25, -0.2) is 5.84 Å². The lowest BCUT2D eigenvalue weighted by atomic mass is 10.3. The summed E-state index contributed by atoms with van der Waals surface area (Å²) in [5.41, 5.74) is 0. The largest absolute Gasteiger partial charge is 0.467 e. The summed E-state index contributed by atoms with van der Waals surface area (Å²) in [5.74, 6) is 6.39. The number of hydrazine groups is 1. The highest BCUT2D eigenvalue weighted by atomic mass is 16.5. The molecule has 1 atom stereocenters. The lowest BCUT2D eigenvalue weighted by Crippen LogP contribution is -2.28. The van der Waals surface area contributed by atoms with E-state index in [4.69, 9.17) is 10.6 Å². The maximum absolute atomic E-state index is 5.57. The van der Waals surface area contributed by atoms with E-state index in [1.54, 1.807) is 7.05 Å². The Morgan fingerprint density at radius 2 is 2.12 bits per heavy atom. The fraction of sp³-hybridized carbons (Fsp3) is 0.667. The zero-order valence-corrected chi connectivity index (χ0v) is 10.1. The number of nitrogens with one attached hydrogen (secondary N) is 1. The molecule has 1 heterocycles. The van der Waals surface area contributed by atoms with Crippen LogP contribution in [0.15, 0.2) is 0 Å². The van der Waals surface area contributed by atoms with Gasteiger partial charge in [-0.15, -0.1) is 0 Å². The summed E-state index contributed by atoms with van der Waals surface area (Å²) in [4.78, 5) is 12.2. The molecule has 0 spiro atoms. The lowest BCUT2D eigenvalue weighted by Gasteiger charge is -2.14. The first-order chi connectivity index (χ1) is 7.56. The number of nitrogens with zero attached hydrogens (tertiary/aromatic N) is 4. The van der Waals surface area contributed by atoms with E-state index in [2.05, 4.69) is 27.2 Å². The summed E-state index contributed by atoms with van der Waals surface area (Å²) in [5, 5.41) is 4.45. The number of nitrogens with two attached hydrogens (primary N) is 1. The molecule has 0 aliphatic rings. The SMILES string of the molecule is CC[C@H](C)Nc1nc(OC)nc(N(C)N)n1. The topological polar surface area (TPSA) is 89.2 Å². The van der Waals surface area contributed by atoms with E-state index in [0.717, 1.165) is 6.42 Å². The molecule has 0 aromatic carbocycles. The molecule has 7 heteroatoms. The van der Waals surface area contributed by atoms with Gasteiger partial charge in [0, 0.05) is 13.1 Å². The number of ether oxygens (including phenoxy) is 1. The molecule has 1 aromatic heterocycles. The van der Waals surface area contributed by atoms with Gasteiger partial charge in [-0.3, -0.25) is 5.01 Å². The molecule has 1 rings (SSSR count). The van der Waals surface area contributed by atoms with Crippen LogP contribution in [0.25, 0.3) is 0 Å². The van der Waals surface area contributed by atoms with E-state index >= 15 is 0 Å². The third kappa shape index (κ3) is 3.20. The fourth-order valence-corrected chi connectivity index (χ4v) is 0.982. The highest BCUT2D eigenvalue weighted by Crippen LogP contribution is 2.12. The summed E-state index contributed by atoms with van der Waals surface area (Å²) in [6, 6.07) is 0.524. The van der Waals surface area contributed by atoms with Gasteiger partial charge in [0.05, 0.1) is 7.11 Å². The summed E-state index contributed by atoms with van der Waals surface area (Å²) in [6.45, 7) is 4.12. The van der Waals surface area contributed by atoms with Gasteiger partial charge in [-0.1, -0.05) is 6.92 Å². The monoisotopic (exact) mass is 226 g/mol. The Labute approximate surface area is 95.0 Å². The summed E-state index contributed by atoms with van der Waals surface area (Å²) < 4.78 is 4.98. The molecule has 7 nitrogen and oxygen atoms in total. The van der Waals surface area contributed by atoms with Crippen LogP contribution in [0, 0.1) is 0 Å². The Morgan fingerprint density at radius 3 is 2.62 bits per heavy atom. The molecule has 0 bridgehead atoms. The highest BCUT2D eigenvalue weighted by Gasteiger charge is 2.09. The summed E-state index contributed by atoms with van der Waals surface area (Å²) in [7, 11) is 3.16. The van der Waals surface area contributed by atoms with Gasteiger partial charge in [-0.05, 0) is 13.3 Å². The zero-order chi connectivity index (χ0) is 12.1. The van der Waals surface area contributed by atoms with Gasteiger partial charge >= 0.3 is 6.01 Å². The van der Waals surface area contributed by atoms with E-state index in [9.17, 15) is 0 Å². The van der Waals surface area contributed by atoms with Crippen LogP contribution < -0.4 is 20.9 Å². The second-order valence-electron chi connectivity index (χ2n) is 3.51. The number of anilines is 2. The molecule has 0 amide bonds. The second kappa shape index (κ2) is 5.45. The third-order valence-corrected chi connectivity index (χ3v) is 2.09. The van der Waals surface area contributed by atoms with Crippen molar-refractivity contribution < 1.29 is 4.74 Å². The minimum Gasteiger partial charge on any atom is -0.467 e. The zero-order valence-electron chi connectivity index (χ0n) is 10.1. The van der Waals surface area contributed by atoms with Crippen molar-refractivity contribution in [3.8, 4) is 6.01 Å². The standard InChI is InChI=1S/C9H18N6O/c1-5-6(2)11-7-12-8(15(3)10)14-9(13-7)16-4/h6H,5,10H2,1-4H3,(H,11,12,13,14)/t6-/m0/s1. The number of rotatable bonds is 5. The Balaban J connectivity index is 2.95. The van der Waals surface area contributed by atoms with E-state index in [-0.39, 0.29) is 12.1 Å². The minimum absolute atomic E-state index is 0.244. The minimum atomic E-state index is 0.244. The average molecular weight is 226 g/mol. The summed E-state index contributed by atoms with van der Waals surface area (Å²) in [6.07, 6.45) is 0.974. The Morgan fingerprint density at radius 1 is 1.44 bits per heavy atom. The van der Waals surface area contributed by atoms with E-state index < -0.39 is 0 Å². The molecule has 0 unspecified atom stereocenters. The van der Waals surface area contributed by atoms with Crippen molar-refractivity contribution in [3.05, 3.63) is 0 Å². The number of methoxy groups -OCH3 is 1. The first-order valence-corrected chi connectivity index (χ1v) is 5.11. The highest BCUT2D eigenvalue weighted by molar-refractivity contribution is 5.36. The van der Waals surface area contributed by atoms with Gasteiger partial charge in [0.2, 0.25) is 11.9 Å². The van der Waals surface area contributed by atoms with Gasteiger partial charge in [0.25, 0.3) is 0 Å². The molecule has 0 aliphatic heterocycles. The van der Waals surface area contributed by atoms with Crippen LogP contribution in [0.3, 0.4) is 0 Å². The van der Waals surface area contributed by atoms with Crippen molar-refractivity contribution in [1.82, 2.24) is 15.0 Å². The van der Waals surface area contributed by atoms with Crippen molar-refractivity contribution in [3.63, 3.8) is 0 Å². The number of hydrogen-bond donors (Lipinski definition) is 2. The molecule has 0 saturated carbocycles. The van der Waals surface area contributed by atoms with Crippen molar-refractivity contribution in [1.29, 1.82) is 0 Å². The Bertz CT molecular complexity index is 343. The van der Waals surface area contributed by atoms with Gasteiger partial charge in [0.1, 0.15) is 0 Å². The predicted molar refractivity (Wildman–Crippen MR) is 62.3 cm³/mol. The normalized spacial score (nSPS) is 12.1. The molecule has 0 fully saturated rings. The van der Waals surface area contributed by atoms with Crippen molar-refractivity contribution in [2.45, 2.75) is 26.3 Å². The molecule has 0 saturated heterocycles.